The molecule has 1 unspecified atom stereocenters. The number of fused-ring (bicyclic) bond motifs is 1. The molecular formula is C11H14N4O. The Morgan fingerprint density at radius 3 is 3.25 bits per heavy atom. The van der Waals surface area contributed by atoms with Crippen molar-refractivity contribution in [1.82, 2.24) is 14.6 Å². The summed E-state index contributed by atoms with van der Waals surface area (Å²) >= 11 is 0. The molecule has 5 heteroatoms. The lowest BCUT2D eigenvalue weighted by Gasteiger charge is -2.05. The summed E-state index contributed by atoms with van der Waals surface area (Å²) in [5.41, 5.74) is 7.23. The lowest BCUT2D eigenvalue weighted by molar-refractivity contribution is 0.185. The first-order valence-electron chi connectivity index (χ1n) is 5.50. The highest BCUT2D eigenvalue weighted by atomic mass is 16.5. The highest BCUT2D eigenvalue weighted by Crippen LogP contribution is 2.18. The zero-order valence-corrected chi connectivity index (χ0v) is 8.97. The van der Waals surface area contributed by atoms with Gasteiger partial charge in [0.1, 0.15) is 5.82 Å². The molecule has 1 atom stereocenters. The molecule has 0 bridgehead atoms. The minimum atomic E-state index is 0.574. The van der Waals surface area contributed by atoms with Gasteiger partial charge in [-0.25, -0.2) is 0 Å². The van der Waals surface area contributed by atoms with Crippen LogP contribution in [0.4, 0.5) is 5.69 Å². The minimum Gasteiger partial charge on any atom is -0.399 e. The molecule has 5 nitrogen and oxygen atoms in total. The molecule has 0 saturated carbocycles. The van der Waals surface area contributed by atoms with Gasteiger partial charge < -0.3 is 10.5 Å². The van der Waals surface area contributed by atoms with E-state index in [4.69, 9.17) is 10.5 Å². The quantitative estimate of drug-likeness (QED) is 0.813. The maximum Gasteiger partial charge on any atom is 0.162 e. The molecule has 3 heterocycles. The molecule has 1 aliphatic heterocycles. The van der Waals surface area contributed by atoms with Crippen LogP contribution < -0.4 is 5.73 Å². The first kappa shape index (κ1) is 9.59. The van der Waals surface area contributed by atoms with Gasteiger partial charge in [-0.2, -0.15) is 0 Å². The van der Waals surface area contributed by atoms with E-state index < -0.39 is 0 Å². The van der Waals surface area contributed by atoms with E-state index in [-0.39, 0.29) is 0 Å². The first-order valence-corrected chi connectivity index (χ1v) is 5.50. The largest absolute Gasteiger partial charge is 0.399 e. The Morgan fingerprint density at radius 2 is 2.44 bits per heavy atom. The van der Waals surface area contributed by atoms with Gasteiger partial charge in [0, 0.05) is 37.6 Å². The molecule has 1 aliphatic rings. The summed E-state index contributed by atoms with van der Waals surface area (Å²) in [6, 6.07) is 3.70. The predicted molar refractivity (Wildman–Crippen MR) is 60.0 cm³/mol. The van der Waals surface area contributed by atoms with Crippen LogP contribution in [0.2, 0.25) is 0 Å². The zero-order valence-electron chi connectivity index (χ0n) is 8.97. The summed E-state index contributed by atoms with van der Waals surface area (Å²) in [6.07, 6.45) is 3.96. The molecule has 0 spiro atoms. The number of rotatable bonds is 2. The number of nitrogens with zero attached hydrogens (tertiary/aromatic N) is 3. The Labute approximate surface area is 93.2 Å². The molecular weight excluding hydrogens is 204 g/mol. The van der Waals surface area contributed by atoms with E-state index in [9.17, 15) is 0 Å². The third-order valence-corrected chi connectivity index (χ3v) is 3.00. The van der Waals surface area contributed by atoms with Crippen molar-refractivity contribution in [2.75, 3.05) is 18.9 Å². The summed E-state index contributed by atoms with van der Waals surface area (Å²) < 4.78 is 7.35. The molecule has 0 amide bonds. The topological polar surface area (TPSA) is 65.4 Å². The summed E-state index contributed by atoms with van der Waals surface area (Å²) in [5.74, 6) is 1.57. The first-order chi connectivity index (χ1) is 7.83. The van der Waals surface area contributed by atoms with E-state index in [1.54, 1.807) is 0 Å². The van der Waals surface area contributed by atoms with Crippen molar-refractivity contribution in [3.05, 3.63) is 24.2 Å². The number of nitrogen functional groups attached to an aromatic ring is 1. The average molecular weight is 218 g/mol. The van der Waals surface area contributed by atoms with Gasteiger partial charge in [0.05, 0.1) is 0 Å². The second kappa shape index (κ2) is 3.75. The van der Waals surface area contributed by atoms with Gasteiger partial charge in [0.15, 0.2) is 5.65 Å². The van der Waals surface area contributed by atoms with Crippen LogP contribution in [0.5, 0.6) is 0 Å². The smallest absolute Gasteiger partial charge is 0.162 e. The minimum absolute atomic E-state index is 0.574. The van der Waals surface area contributed by atoms with Crippen LogP contribution in [-0.4, -0.2) is 27.8 Å². The van der Waals surface area contributed by atoms with E-state index in [0.717, 1.165) is 43.2 Å². The molecule has 0 aliphatic carbocycles. The van der Waals surface area contributed by atoms with Gasteiger partial charge in [-0.1, -0.05) is 0 Å². The van der Waals surface area contributed by atoms with E-state index >= 15 is 0 Å². The Bertz CT molecular complexity index is 502. The molecule has 0 radical (unpaired) electrons. The predicted octanol–water partition coefficient (Wildman–Crippen LogP) is 0.890. The van der Waals surface area contributed by atoms with Crippen molar-refractivity contribution in [1.29, 1.82) is 0 Å². The van der Waals surface area contributed by atoms with Crippen LogP contribution in [0.1, 0.15) is 12.2 Å². The Kier molecular flexibility index (Phi) is 2.25. The lowest BCUT2D eigenvalue weighted by atomic mass is 10.1. The lowest BCUT2D eigenvalue weighted by Crippen LogP contribution is -2.07. The van der Waals surface area contributed by atoms with Crippen LogP contribution in [0.25, 0.3) is 5.65 Å². The number of ether oxygens (including phenoxy) is 1. The summed E-state index contributed by atoms with van der Waals surface area (Å²) in [4.78, 5) is 0. The third kappa shape index (κ3) is 1.63. The van der Waals surface area contributed by atoms with Crippen molar-refractivity contribution in [3.63, 3.8) is 0 Å². The standard InChI is InChI=1S/C11H14N4O/c12-9-1-3-15-10(13-14-11(15)6-9)5-8-2-4-16-7-8/h1,3,6,8H,2,4-5,7,12H2. The number of anilines is 1. The van der Waals surface area contributed by atoms with Gasteiger partial charge in [0.25, 0.3) is 0 Å². The van der Waals surface area contributed by atoms with Crippen LogP contribution in [0.15, 0.2) is 18.3 Å². The summed E-state index contributed by atoms with van der Waals surface area (Å²) in [5, 5.41) is 8.32. The van der Waals surface area contributed by atoms with Crippen LogP contribution >= 0.6 is 0 Å². The zero-order chi connectivity index (χ0) is 11.0. The maximum atomic E-state index is 5.70. The molecule has 16 heavy (non-hydrogen) atoms. The molecule has 2 N–H and O–H groups in total. The number of nitrogens with two attached hydrogens (primary N) is 1. The van der Waals surface area contributed by atoms with Crippen molar-refractivity contribution in [3.8, 4) is 0 Å². The molecule has 84 valence electrons. The Balaban J connectivity index is 1.91. The van der Waals surface area contributed by atoms with Gasteiger partial charge in [-0.3, -0.25) is 4.40 Å². The fraction of sp³-hybridized carbons (Fsp3) is 0.455. The number of pyridine rings is 1. The second-order valence-corrected chi connectivity index (χ2v) is 4.24. The Morgan fingerprint density at radius 1 is 1.50 bits per heavy atom. The second-order valence-electron chi connectivity index (χ2n) is 4.24. The molecule has 1 fully saturated rings. The molecule has 3 rings (SSSR count). The Hall–Kier alpha value is -1.62. The maximum absolute atomic E-state index is 5.70. The molecule has 0 aromatic carbocycles. The van der Waals surface area contributed by atoms with Gasteiger partial charge >= 0.3 is 0 Å². The summed E-state index contributed by atoms with van der Waals surface area (Å²) in [7, 11) is 0. The monoisotopic (exact) mass is 218 g/mol. The summed E-state index contributed by atoms with van der Waals surface area (Å²) in [6.45, 7) is 1.71. The van der Waals surface area contributed by atoms with Crippen molar-refractivity contribution >= 4 is 11.3 Å². The average Bonchev–Trinajstić information content (AvgIpc) is 2.89. The SMILES string of the molecule is Nc1ccn2c(CC3CCOC3)nnc2c1. The van der Waals surface area contributed by atoms with Crippen LogP contribution in [0, 0.1) is 5.92 Å². The van der Waals surface area contributed by atoms with Gasteiger partial charge in [-0.15, -0.1) is 10.2 Å². The van der Waals surface area contributed by atoms with Crippen molar-refractivity contribution < 1.29 is 4.74 Å². The molecule has 2 aromatic heterocycles. The number of aromatic nitrogens is 3. The fourth-order valence-electron chi connectivity index (χ4n) is 2.10. The van der Waals surface area contributed by atoms with Gasteiger partial charge in [0.2, 0.25) is 0 Å². The molecule has 1 saturated heterocycles. The molecule has 2 aromatic rings. The van der Waals surface area contributed by atoms with E-state index in [2.05, 4.69) is 10.2 Å². The van der Waals surface area contributed by atoms with E-state index in [1.165, 1.54) is 0 Å². The van der Waals surface area contributed by atoms with E-state index in [1.807, 2.05) is 22.7 Å². The van der Waals surface area contributed by atoms with Crippen molar-refractivity contribution in [2.24, 2.45) is 5.92 Å². The fourth-order valence-corrected chi connectivity index (χ4v) is 2.10. The number of hydrogen-bond acceptors (Lipinski definition) is 4. The van der Waals surface area contributed by atoms with Crippen LogP contribution in [-0.2, 0) is 11.2 Å². The highest BCUT2D eigenvalue weighted by Gasteiger charge is 2.18. The normalized spacial score (nSPS) is 20.6. The third-order valence-electron chi connectivity index (χ3n) is 3.00. The van der Waals surface area contributed by atoms with E-state index in [0.29, 0.717) is 5.92 Å². The highest BCUT2D eigenvalue weighted by molar-refractivity contribution is 5.51. The van der Waals surface area contributed by atoms with Crippen molar-refractivity contribution in [2.45, 2.75) is 12.8 Å². The number of hydrogen-bond donors (Lipinski definition) is 1. The van der Waals surface area contributed by atoms with Crippen LogP contribution in [0.3, 0.4) is 0 Å². The van der Waals surface area contributed by atoms with Gasteiger partial charge in [-0.05, 0) is 18.4 Å².